The Balaban J connectivity index is 0.000000228. The number of alkyl halides is 1. The number of halogens is 3. The van der Waals surface area contributed by atoms with E-state index in [1.54, 1.807) is 66.1 Å². The van der Waals surface area contributed by atoms with Crippen LogP contribution in [0.5, 0.6) is 0 Å². The molecule has 0 bridgehead atoms. The summed E-state index contributed by atoms with van der Waals surface area (Å²) in [5.74, 6) is -0.300. The van der Waals surface area contributed by atoms with E-state index < -0.39 is 36.5 Å². The number of allylic oxidation sites excluding steroid dienone is 2. The number of nitrogens with zero attached hydrogens (tertiary/aromatic N) is 4. The summed E-state index contributed by atoms with van der Waals surface area (Å²) in [5.41, 5.74) is 15.8. The van der Waals surface area contributed by atoms with Crippen LogP contribution in [0.15, 0.2) is 122 Å². The Labute approximate surface area is 447 Å². The molecule has 6 aromatic rings. The number of benzene rings is 4. The van der Waals surface area contributed by atoms with Gasteiger partial charge < -0.3 is 46.9 Å². The summed E-state index contributed by atoms with van der Waals surface area (Å²) in [7, 11) is -1.00. The predicted octanol–water partition coefficient (Wildman–Crippen LogP) is 11.7. The van der Waals surface area contributed by atoms with Crippen LogP contribution in [0.3, 0.4) is 0 Å². The minimum Gasteiger partial charge on any atom is -0.481 e. The first-order valence-corrected chi connectivity index (χ1v) is 24.3. The normalized spacial score (nSPS) is 12.1. The first-order valence-electron chi connectivity index (χ1n) is 24.2. The Morgan fingerprint density at radius 1 is 0.667 bits per heavy atom. The third-order valence-electron chi connectivity index (χ3n) is 10.2. The lowest BCUT2D eigenvalue weighted by Gasteiger charge is -2.19. The highest BCUT2D eigenvalue weighted by Crippen LogP contribution is 2.37. The summed E-state index contributed by atoms with van der Waals surface area (Å²) in [6.07, 6.45) is 8.08. The molecule has 0 saturated heterocycles. The molecule has 0 fully saturated rings. The molecule has 2 aromatic heterocycles. The van der Waals surface area contributed by atoms with Gasteiger partial charge in [0.1, 0.15) is 11.2 Å². The van der Waals surface area contributed by atoms with Crippen LogP contribution in [0.2, 0.25) is 10.0 Å². The number of alkyl carbamates (subject to hydrolysis) is 2. The number of nitrogens with one attached hydrogen (secondary N) is 5. The van der Waals surface area contributed by atoms with Crippen molar-refractivity contribution in [2.24, 2.45) is 0 Å². The minimum absolute atomic E-state index is 0.0875. The van der Waals surface area contributed by atoms with Gasteiger partial charge in [-0.2, -0.15) is 0 Å². The summed E-state index contributed by atoms with van der Waals surface area (Å²) in [6.45, 7) is 10.8. The number of carboxylic acids is 1. The Bertz CT molecular complexity index is 3060. The van der Waals surface area contributed by atoms with Crippen molar-refractivity contribution in [3.8, 4) is 0 Å². The number of ether oxygens (including phenoxy) is 2. The Kier molecular flexibility index (Phi) is 20.4. The number of rotatable bonds is 13. The number of nitrogen functional groups attached to an aromatic ring is 1. The number of carbonyl (C=O) groups is 4. The van der Waals surface area contributed by atoms with Crippen LogP contribution in [0.4, 0.5) is 48.6 Å². The molecule has 8 N–H and O–H groups in total. The lowest BCUT2D eigenvalue weighted by Crippen LogP contribution is -2.34. The van der Waals surface area contributed by atoms with Crippen LogP contribution in [-0.4, -0.2) is 80.6 Å². The predicted molar refractivity (Wildman–Crippen MR) is 293 cm³/mol. The van der Waals surface area contributed by atoms with Crippen molar-refractivity contribution < 1.29 is 39.5 Å². The molecule has 0 atom stereocenters. The van der Waals surface area contributed by atoms with Crippen LogP contribution in [-0.2, 0) is 31.9 Å². The molecule has 0 unspecified atom stereocenters. The quantitative estimate of drug-likeness (QED) is 0.0532. The summed E-state index contributed by atoms with van der Waals surface area (Å²) in [5, 5.41) is 23.4. The van der Waals surface area contributed by atoms with E-state index in [1.165, 1.54) is 16.7 Å². The van der Waals surface area contributed by atoms with Gasteiger partial charge >= 0.3 is 18.2 Å². The number of aromatic nitrogens is 4. The molecule has 20 heteroatoms. The van der Waals surface area contributed by atoms with Gasteiger partial charge in [-0.3, -0.25) is 14.0 Å². The largest absolute Gasteiger partial charge is 0.481 e. The van der Waals surface area contributed by atoms with Gasteiger partial charge in [0.2, 0.25) is 17.8 Å². The van der Waals surface area contributed by atoms with E-state index >= 15 is 0 Å². The fourth-order valence-electron chi connectivity index (χ4n) is 7.20. The molecule has 0 aliphatic heterocycles. The zero-order valence-corrected chi connectivity index (χ0v) is 43.9. The first kappa shape index (κ1) is 56.2. The molecule has 4 aromatic carbocycles. The molecule has 0 saturated carbocycles. The van der Waals surface area contributed by atoms with E-state index in [2.05, 4.69) is 82.9 Å². The molecular weight excluding hydrogens is 1000 g/mol. The highest BCUT2D eigenvalue weighted by Gasteiger charge is 2.22. The molecular formula is C55H61Cl2FN10O7. The fraction of sp³-hybridized carbons (Fsp3) is 0.273. The van der Waals surface area contributed by atoms with Crippen LogP contribution >= 0.6 is 23.2 Å². The van der Waals surface area contributed by atoms with E-state index in [0.717, 1.165) is 40.9 Å². The number of nitrogens with two attached hydrogens (primary N) is 1. The zero-order valence-electron chi connectivity index (χ0n) is 43.4. The maximum atomic E-state index is 12.3. The lowest BCUT2D eigenvalue weighted by molar-refractivity contribution is -0.136. The van der Waals surface area contributed by atoms with Crippen molar-refractivity contribution in [1.29, 1.82) is 0 Å². The van der Waals surface area contributed by atoms with Crippen molar-refractivity contribution in [2.75, 3.05) is 41.9 Å². The molecule has 0 spiro atoms. The molecule has 2 aliphatic carbocycles. The standard InChI is InChI=1S/C27H28ClN5O3.C19H15ClN4.C8H15NO4.CH3F/c1-27(2,3)36-26(35)29-14-13-23(34)31-18-8-6-9-19(15-18)32-25-30-16-22(28)24(33-25)21-12-11-17-7-4-5-10-20(17)21;20-17-11-22-19(23-14-6-3-5-13(21)10-14)24-18(17)16-9-8-12-4-1-2-7-15(12)16;1-8(2,3)13-7(12)9-5-4-6(10)11;1-2/h4-10,12,15-16H,11,13-14H2,1-3H3,(H,29,35)(H,31,34)(H,30,32,33);1-7,9-11H,8,21H2,(H,22,23,24);4-5H2,1-3H3,(H,9,12)(H,10,11);1H3/i;;;1D. The number of aliphatic carboxylic acids is 1. The number of anilines is 6. The second-order valence-corrected chi connectivity index (χ2v) is 19.3. The van der Waals surface area contributed by atoms with Crippen molar-refractivity contribution >= 4 is 93.1 Å². The average molecular weight is 1070 g/mol. The van der Waals surface area contributed by atoms with Crippen molar-refractivity contribution in [1.82, 2.24) is 30.6 Å². The third-order valence-corrected chi connectivity index (χ3v) is 10.8. The van der Waals surface area contributed by atoms with Crippen LogP contribution < -0.4 is 32.3 Å². The van der Waals surface area contributed by atoms with Crippen LogP contribution in [0.1, 0.15) is 89.4 Å². The van der Waals surface area contributed by atoms with E-state index in [4.69, 9.17) is 44.9 Å². The number of hydrogen-bond donors (Lipinski definition) is 7. The van der Waals surface area contributed by atoms with Gasteiger partial charge in [-0.05, 0) is 113 Å². The molecule has 3 amide bonds. The second kappa shape index (κ2) is 27.3. The molecule has 0 radical (unpaired) electrons. The number of carboxylic acid groups (broad SMARTS) is 1. The van der Waals surface area contributed by atoms with Crippen LogP contribution in [0, 0.1) is 0 Å². The van der Waals surface area contributed by atoms with E-state index in [-0.39, 0.29) is 31.8 Å². The topological polar surface area (TPSA) is 245 Å². The van der Waals surface area contributed by atoms with Gasteiger partial charge in [0, 0.05) is 53.4 Å². The second-order valence-electron chi connectivity index (χ2n) is 18.5. The molecule has 394 valence electrons. The maximum Gasteiger partial charge on any atom is 0.407 e. The number of hydrogen-bond acceptors (Lipinski definition) is 13. The van der Waals surface area contributed by atoms with Gasteiger partial charge in [0.25, 0.3) is 0 Å². The molecule has 17 nitrogen and oxygen atoms in total. The number of carbonyl (C=O) groups excluding carboxylic acids is 3. The van der Waals surface area contributed by atoms with Gasteiger partial charge in [0.05, 0.1) is 48.8 Å². The third kappa shape index (κ3) is 18.7. The van der Waals surface area contributed by atoms with Gasteiger partial charge in [0.15, 0.2) is 0 Å². The molecule has 2 aliphatic rings. The van der Waals surface area contributed by atoms with Gasteiger partial charge in [-0.25, -0.2) is 29.5 Å². The van der Waals surface area contributed by atoms with Crippen LogP contribution in [0.25, 0.3) is 11.1 Å². The number of amides is 3. The Morgan fingerprint density at radius 2 is 1.11 bits per heavy atom. The highest BCUT2D eigenvalue weighted by molar-refractivity contribution is 6.32. The van der Waals surface area contributed by atoms with Crippen molar-refractivity contribution in [3.05, 3.63) is 165 Å². The Hall–Kier alpha value is -8.09. The molecule has 2 heterocycles. The molecule has 75 heavy (non-hydrogen) atoms. The summed E-state index contributed by atoms with van der Waals surface area (Å²) in [4.78, 5) is 62.9. The average Bonchev–Trinajstić information content (AvgIpc) is 3.97. The highest BCUT2D eigenvalue weighted by atomic mass is 35.5. The first-order chi connectivity index (χ1) is 36.1. The monoisotopic (exact) mass is 1060 g/mol. The van der Waals surface area contributed by atoms with Gasteiger partial charge in [-0.15, -0.1) is 0 Å². The van der Waals surface area contributed by atoms with E-state index in [1.807, 2.05) is 60.7 Å². The number of fused-ring (bicyclic) bond motifs is 2. The summed E-state index contributed by atoms with van der Waals surface area (Å²) < 4.78 is 25.5. The minimum atomic E-state index is -1.00. The van der Waals surface area contributed by atoms with Crippen molar-refractivity contribution in [2.45, 2.75) is 78.4 Å². The molecule has 8 rings (SSSR count). The van der Waals surface area contributed by atoms with E-state index in [9.17, 15) is 23.6 Å². The SMILES string of the molecule is CC(C)(C)OC(=O)NCCC(=O)Nc1cccc(Nc2ncc(Cl)c(C3=CCc4ccccc43)n2)c1.CC(C)(C)OC(=O)NCCC(=O)O.Nc1cccc(Nc2ncc(Cl)c(C3=CCc4ccccc43)n2)c1.[2H]CF. The lowest BCUT2D eigenvalue weighted by atomic mass is 10.0. The summed E-state index contributed by atoms with van der Waals surface area (Å²) >= 11 is 12.8. The summed E-state index contributed by atoms with van der Waals surface area (Å²) in [6, 6.07) is 31.2. The van der Waals surface area contributed by atoms with E-state index in [0.29, 0.717) is 44.7 Å². The fourth-order valence-corrected chi connectivity index (χ4v) is 7.58. The van der Waals surface area contributed by atoms with Crippen molar-refractivity contribution in [3.63, 3.8) is 0 Å². The zero-order chi connectivity index (χ0) is 55.4. The van der Waals surface area contributed by atoms with Gasteiger partial charge in [-0.1, -0.05) is 96.0 Å². The smallest absolute Gasteiger partial charge is 0.407 e. The maximum absolute atomic E-state index is 12.3. The Morgan fingerprint density at radius 3 is 1.57 bits per heavy atom.